The average molecular weight is 398 g/mol. The number of nitrogens with zero attached hydrogens (tertiary/aromatic N) is 3. The van der Waals surface area contributed by atoms with E-state index in [1.54, 1.807) is 30.0 Å². The molecule has 0 aliphatic heterocycles. The fraction of sp³-hybridized carbons (Fsp3) is 0.250. The van der Waals surface area contributed by atoms with Gasteiger partial charge in [0.2, 0.25) is 9.84 Å². The number of hydrogen-bond acceptors (Lipinski definition) is 6. The van der Waals surface area contributed by atoms with Crippen LogP contribution in [-0.4, -0.2) is 36.4 Å². The maximum atomic E-state index is 13.2. The number of hydrogen-bond donors (Lipinski definition) is 0. The van der Waals surface area contributed by atoms with Gasteiger partial charge in [-0.05, 0) is 37.4 Å². The van der Waals surface area contributed by atoms with Gasteiger partial charge >= 0.3 is 0 Å². The van der Waals surface area contributed by atoms with E-state index in [1.807, 2.05) is 13.0 Å². The summed E-state index contributed by atoms with van der Waals surface area (Å²) >= 11 is 7.23. The maximum absolute atomic E-state index is 13.2. The molecule has 0 saturated carbocycles. The fourth-order valence-corrected chi connectivity index (χ4v) is 5.23. The Balaban J connectivity index is 2.34. The topological polar surface area (TPSA) is 73.6 Å². The summed E-state index contributed by atoms with van der Waals surface area (Å²) in [7, 11) is -2.26. The Bertz CT molecular complexity index is 1050. The predicted molar refractivity (Wildman–Crippen MR) is 97.1 cm³/mol. The van der Waals surface area contributed by atoms with E-state index >= 15 is 0 Å². The minimum atomic E-state index is -3.83. The summed E-state index contributed by atoms with van der Waals surface area (Å²) in [6.07, 6.45) is 1.78. The fourth-order valence-electron chi connectivity index (χ4n) is 2.53. The predicted octanol–water partition coefficient (Wildman–Crippen LogP) is 3.39. The molecule has 1 aromatic carbocycles. The molecule has 132 valence electrons. The molecule has 0 aliphatic carbocycles. The van der Waals surface area contributed by atoms with Crippen molar-refractivity contribution in [3.05, 3.63) is 46.7 Å². The van der Waals surface area contributed by atoms with E-state index in [4.69, 9.17) is 16.3 Å². The van der Waals surface area contributed by atoms with Crippen molar-refractivity contribution in [2.45, 2.75) is 28.3 Å². The zero-order valence-corrected chi connectivity index (χ0v) is 16.2. The highest BCUT2D eigenvalue weighted by Gasteiger charge is 2.29. The molecule has 0 unspecified atom stereocenters. The van der Waals surface area contributed by atoms with E-state index in [2.05, 4.69) is 10.1 Å². The Labute approximate surface area is 155 Å². The molecular weight excluding hydrogens is 382 g/mol. The number of aromatic nitrogens is 3. The van der Waals surface area contributed by atoms with Gasteiger partial charge in [0.1, 0.15) is 5.03 Å². The lowest BCUT2D eigenvalue weighted by atomic mass is 10.3. The highest BCUT2D eigenvalue weighted by atomic mass is 35.5. The molecular formula is C16H16ClN3O3S2. The van der Waals surface area contributed by atoms with Crippen LogP contribution >= 0.6 is 23.4 Å². The molecule has 25 heavy (non-hydrogen) atoms. The number of fused-ring (bicyclic) bond motifs is 1. The van der Waals surface area contributed by atoms with Gasteiger partial charge < -0.3 is 4.74 Å². The van der Waals surface area contributed by atoms with Crippen LogP contribution in [0.1, 0.15) is 11.4 Å². The lowest BCUT2D eigenvalue weighted by Gasteiger charge is -2.07. The number of rotatable bonds is 5. The summed E-state index contributed by atoms with van der Waals surface area (Å²) in [5, 5.41) is 5.16. The van der Waals surface area contributed by atoms with E-state index in [-0.39, 0.29) is 22.0 Å². The standard InChI is InChI=1S/C16H16ClN3O3S2/c1-10-7-12(9-23-2)18-15-14(16(24-3)19-20(10)15)25(21,22)13-6-4-5-11(17)8-13/h4-8H,9H2,1-3H3. The van der Waals surface area contributed by atoms with Crippen molar-refractivity contribution >= 4 is 38.8 Å². The number of ether oxygens (including phenoxy) is 1. The smallest absolute Gasteiger partial charge is 0.213 e. The number of methoxy groups -OCH3 is 1. The van der Waals surface area contributed by atoms with Crippen molar-refractivity contribution in [3.63, 3.8) is 0 Å². The van der Waals surface area contributed by atoms with Crippen molar-refractivity contribution in [1.82, 2.24) is 14.6 Å². The van der Waals surface area contributed by atoms with Gasteiger partial charge in [0.15, 0.2) is 10.5 Å². The summed E-state index contributed by atoms with van der Waals surface area (Å²) in [6, 6.07) is 8.00. The Morgan fingerprint density at radius 3 is 2.72 bits per heavy atom. The molecule has 0 saturated heterocycles. The van der Waals surface area contributed by atoms with Crippen molar-refractivity contribution in [2.75, 3.05) is 13.4 Å². The average Bonchev–Trinajstić information content (AvgIpc) is 2.95. The van der Waals surface area contributed by atoms with Crippen LogP contribution in [0.3, 0.4) is 0 Å². The molecule has 3 rings (SSSR count). The van der Waals surface area contributed by atoms with Gasteiger partial charge in [-0.25, -0.2) is 17.9 Å². The second-order valence-corrected chi connectivity index (χ2v) is 8.47. The largest absolute Gasteiger partial charge is 0.378 e. The van der Waals surface area contributed by atoms with E-state index < -0.39 is 9.84 Å². The molecule has 2 aromatic heterocycles. The van der Waals surface area contributed by atoms with Crippen molar-refractivity contribution < 1.29 is 13.2 Å². The number of halogens is 1. The van der Waals surface area contributed by atoms with Crippen LogP contribution in [0.2, 0.25) is 5.02 Å². The van der Waals surface area contributed by atoms with Crippen LogP contribution in [0.5, 0.6) is 0 Å². The van der Waals surface area contributed by atoms with Crippen LogP contribution < -0.4 is 0 Å². The van der Waals surface area contributed by atoms with Gasteiger partial charge in [-0.1, -0.05) is 17.7 Å². The number of aryl methyl sites for hydroxylation is 1. The first-order valence-electron chi connectivity index (χ1n) is 7.31. The highest BCUT2D eigenvalue weighted by molar-refractivity contribution is 7.99. The zero-order valence-electron chi connectivity index (χ0n) is 13.9. The van der Waals surface area contributed by atoms with Crippen molar-refractivity contribution in [1.29, 1.82) is 0 Å². The molecule has 0 spiro atoms. The van der Waals surface area contributed by atoms with Gasteiger partial charge in [0.25, 0.3) is 0 Å². The number of sulfone groups is 1. The molecule has 0 amide bonds. The highest BCUT2D eigenvalue weighted by Crippen LogP contribution is 2.33. The Morgan fingerprint density at radius 2 is 2.08 bits per heavy atom. The van der Waals surface area contributed by atoms with Gasteiger partial charge in [0, 0.05) is 17.8 Å². The third-order valence-corrected chi connectivity index (χ3v) is 6.43. The third-order valence-electron chi connectivity index (χ3n) is 3.61. The molecule has 6 nitrogen and oxygen atoms in total. The van der Waals surface area contributed by atoms with E-state index in [1.165, 1.54) is 23.9 Å². The monoisotopic (exact) mass is 397 g/mol. The van der Waals surface area contributed by atoms with Crippen molar-refractivity contribution in [3.8, 4) is 0 Å². The first-order chi connectivity index (χ1) is 11.9. The van der Waals surface area contributed by atoms with Crippen LogP contribution in [0.4, 0.5) is 0 Å². The summed E-state index contributed by atoms with van der Waals surface area (Å²) in [6.45, 7) is 2.13. The minimum absolute atomic E-state index is 0.0864. The lowest BCUT2D eigenvalue weighted by molar-refractivity contribution is 0.181. The molecule has 3 aromatic rings. The number of thioether (sulfide) groups is 1. The SMILES string of the molecule is COCc1cc(C)n2nc(SC)c(S(=O)(=O)c3cccc(Cl)c3)c2n1. The number of benzene rings is 1. The molecule has 0 aliphatic rings. The quantitative estimate of drug-likeness (QED) is 0.614. The van der Waals surface area contributed by atoms with Crippen LogP contribution in [0.15, 0.2) is 45.1 Å². The molecule has 0 fully saturated rings. The lowest BCUT2D eigenvalue weighted by Crippen LogP contribution is -2.06. The Hall–Kier alpha value is -1.61. The van der Waals surface area contributed by atoms with Crippen LogP contribution in [0, 0.1) is 6.92 Å². The Kier molecular flexibility index (Phi) is 5.06. The third kappa shape index (κ3) is 3.27. The molecule has 0 bridgehead atoms. The van der Waals surface area contributed by atoms with E-state index in [0.29, 0.717) is 15.7 Å². The molecule has 0 radical (unpaired) electrons. The van der Waals surface area contributed by atoms with Gasteiger partial charge in [-0.15, -0.1) is 11.8 Å². The van der Waals surface area contributed by atoms with E-state index in [0.717, 1.165) is 5.69 Å². The Morgan fingerprint density at radius 1 is 1.32 bits per heavy atom. The molecule has 2 heterocycles. The maximum Gasteiger partial charge on any atom is 0.213 e. The second kappa shape index (κ2) is 6.95. The molecule has 9 heteroatoms. The van der Waals surface area contributed by atoms with Gasteiger partial charge in [0.05, 0.1) is 17.2 Å². The first-order valence-corrected chi connectivity index (χ1v) is 10.4. The summed E-state index contributed by atoms with van der Waals surface area (Å²) < 4.78 is 33.1. The van der Waals surface area contributed by atoms with E-state index in [9.17, 15) is 8.42 Å². The van der Waals surface area contributed by atoms with Crippen LogP contribution in [0.25, 0.3) is 5.65 Å². The van der Waals surface area contributed by atoms with Crippen LogP contribution in [-0.2, 0) is 21.2 Å². The molecule has 0 N–H and O–H groups in total. The second-order valence-electron chi connectivity index (χ2n) is 5.36. The normalized spacial score (nSPS) is 12.0. The van der Waals surface area contributed by atoms with Gasteiger partial charge in [-0.2, -0.15) is 5.10 Å². The van der Waals surface area contributed by atoms with Gasteiger partial charge in [-0.3, -0.25) is 0 Å². The zero-order chi connectivity index (χ0) is 18.2. The summed E-state index contributed by atoms with van der Waals surface area (Å²) in [5.41, 5.74) is 1.71. The minimum Gasteiger partial charge on any atom is -0.378 e. The summed E-state index contributed by atoms with van der Waals surface area (Å²) in [4.78, 5) is 4.66. The first kappa shape index (κ1) is 18.2. The summed E-state index contributed by atoms with van der Waals surface area (Å²) in [5.74, 6) is 0. The van der Waals surface area contributed by atoms with Crippen molar-refractivity contribution in [2.24, 2.45) is 0 Å². The molecule has 0 atom stereocenters.